The lowest BCUT2D eigenvalue weighted by molar-refractivity contribution is -0.135. The third kappa shape index (κ3) is 3.75. The average Bonchev–Trinajstić information content (AvgIpc) is 2.30. The number of aliphatic hydroxyl groups excluding tert-OH is 1. The molecule has 0 bridgehead atoms. The number of carboxylic acid groups (broad SMARTS) is 1. The number of allylic oxidation sites excluding steroid dienone is 1. The lowest BCUT2D eigenvalue weighted by atomic mass is 10.1. The molecular weight excluding hydrogens is 220 g/mol. The Balaban J connectivity index is 2.83. The molecule has 2 N–H and O–H groups in total. The number of hydrogen-bond donors (Lipinski definition) is 2. The van der Waals surface area contributed by atoms with Crippen LogP contribution in [-0.2, 0) is 11.2 Å². The van der Waals surface area contributed by atoms with Gasteiger partial charge in [0.1, 0.15) is 0 Å². The first-order valence-corrected chi connectivity index (χ1v) is 5.31. The second-order valence-corrected chi connectivity index (χ2v) is 3.65. The minimum atomic E-state index is -1.51. The number of aliphatic carboxylic acids is 1. The summed E-state index contributed by atoms with van der Waals surface area (Å²) in [5.74, 6) is -2.98. The van der Waals surface area contributed by atoms with E-state index in [-0.39, 0.29) is 0 Å². The van der Waals surface area contributed by atoms with Crippen molar-refractivity contribution < 1.29 is 19.8 Å². The largest absolute Gasteiger partial charge is 0.502 e. The number of carbonyl (C=O) groups is 2. The van der Waals surface area contributed by atoms with Crippen LogP contribution in [0.15, 0.2) is 36.1 Å². The summed E-state index contributed by atoms with van der Waals surface area (Å²) in [6, 6.07) is 6.89. The molecule has 0 spiro atoms. The molecule has 4 nitrogen and oxygen atoms in total. The minimum Gasteiger partial charge on any atom is -0.502 e. The standard InChI is InChI=1S/C13H14O4/c1-2-3-9-4-6-10(7-5-9)11(14)8-12(15)13(16)17/h4-8,15H,2-3H2,1H3,(H,16,17). The zero-order valence-electron chi connectivity index (χ0n) is 9.51. The van der Waals surface area contributed by atoms with E-state index in [2.05, 4.69) is 6.92 Å². The van der Waals surface area contributed by atoms with Crippen molar-refractivity contribution >= 4 is 11.8 Å². The van der Waals surface area contributed by atoms with Crippen LogP contribution < -0.4 is 0 Å². The molecule has 0 saturated carbocycles. The van der Waals surface area contributed by atoms with Gasteiger partial charge in [-0.15, -0.1) is 0 Å². The van der Waals surface area contributed by atoms with Gasteiger partial charge in [-0.1, -0.05) is 37.6 Å². The molecule has 0 aliphatic carbocycles. The monoisotopic (exact) mass is 234 g/mol. The lowest BCUT2D eigenvalue weighted by Crippen LogP contribution is -2.04. The van der Waals surface area contributed by atoms with Gasteiger partial charge < -0.3 is 10.2 Å². The summed E-state index contributed by atoms with van der Waals surface area (Å²) in [6.07, 6.45) is 2.66. The number of aryl methyl sites for hydroxylation is 1. The Hall–Kier alpha value is -2.10. The molecule has 1 aromatic carbocycles. The van der Waals surface area contributed by atoms with Crippen LogP contribution in [0.2, 0.25) is 0 Å². The zero-order valence-corrected chi connectivity index (χ0v) is 9.51. The molecule has 0 atom stereocenters. The van der Waals surface area contributed by atoms with Gasteiger partial charge in [0.05, 0.1) is 0 Å². The first-order valence-electron chi connectivity index (χ1n) is 5.31. The highest BCUT2D eigenvalue weighted by molar-refractivity contribution is 6.07. The third-order valence-electron chi connectivity index (χ3n) is 2.26. The second kappa shape index (κ2) is 5.84. The Morgan fingerprint density at radius 3 is 2.24 bits per heavy atom. The van der Waals surface area contributed by atoms with Gasteiger partial charge in [0.15, 0.2) is 5.78 Å². The van der Waals surface area contributed by atoms with Gasteiger partial charge in [-0.3, -0.25) is 4.79 Å². The van der Waals surface area contributed by atoms with Crippen molar-refractivity contribution in [2.45, 2.75) is 19.8 Å². The molecule has 1 aromatic rings. The maximum atomic E-state index is 11.5. The molecule has 0 fully saturated rings. The van der Waals surface area contributed by atoms with Crippen LogP contribution in [0, 0.1) is 0 Å². The first kappa shape index (κ1) is 13.0. The van der Waals surface area contributed by atoms with Crippen molar-refractivity contribution in [2.24, 2.45) is 0 Å². The topological polar surface area (TPSA) is 74.6 Å². The second-order valence-electron chi connectivity index (χ2n) is 3.65. The van der Waals surface area contributed by atoms with Crippen molar-refractivity contribution in [1.29, 1.82) is 0 Å². The summed E-state index contributed by atoms with van der Waals surface area (Å²) in [6.45, 7) is 2.06. The molecule has 90 valence electrons. The van der Waals surface area contributed by atoms with E-state index in [0.29, 0.717) is 11.6 Å². The Kier molecular flexibility index (Phi) is 4.46. The summed E-state index contributed by atoms with van der Waals surface area (Å²) in [5.41, 5.74) is 1.48. The van der Waals surface area contributed by atoms with Crippen LogP contribution in [0.1, 0.15) is 29.3 Å². The summed E-state index contributed by atoms with van der Waals surface area (Å²) in [7, 11) is 0. The van der Waals surface area contributed by atoms with Crippen molar-refractivity contribution in [3.8, 4) is 0 Å². The molecule has 0 aromatic heterocycles. The van der Waals surface area contributed by atoms with Crippen molar-refractivity contribution in [2.75, 3.05) is 0 Å². The van der Waals surface area contributed by atoms with Gasteiger partial charge in [0.25, 0.3) is 0 Å². The molecule has 0 amide bonds. The van der Waals surface area contributed by atoms with Gasteiger partial charge in [-0.25, -0.2) is 4.79 Å². The molecular formula is C13H14O4. The Morgan fingerprint density at radius 2 is 1.76 bits per heavy atom. The molecule has 0 aliphatic heterocycles. The SMILES string of the molecule is CCCc1ccc(C(=O)C=C(O)C(=O)O)cc1. The fourth-order valence-electron chi connectivity index (χ4n) is 1.39. The fraction of sp³-hybridized carbons (Fsp3) is 0.231. The smallest absolute Gasteiger partial charge is 0.371 e. The molecule has 0 aliphatic rings. The van der Waals surface area contributed by atoms with E-state index in [4.69, 9.17) is 10.2 Å². The van der Waals surface area contributed by atoms with Gasteiger partial charge in [-0.05, 0) is 12.0 Å². The highest BCUT2D eigenvalue weighted by Crippen LogP contribution is 2.08. The van der Waals surface area contributed by atoms with Crippen LogP contribution in [0.4, 0.5) is 0 Å². The molecule has 0 unspecified atom stereocenters. The predicted octanol–water partition coefficient (Wildman–Crippen LogP) is 2.35. The van der Waals surface area contributed by atoms with E-state index in [1.165, 1.54) is 0 Å². The van der Waals surface area contributed by atoms with Gasteiger partial charge in [0, 0.05) is 11.6 Å². The summed E-state index contributed by atoms with van der Waals surface area (Å²) < 4.78 is 0. The van der Waals surface area contributed by atoms with Gasteiger partial charge in [-0.2, -0.15) is 0 Å². The number of carbonyl (C=O) groups excluding carboxylic acids is 1. The number of carboxylic acids is 1. The third-order valence-corrected chi connectivity index (χ3v) is 2.26. The Labute approximate surface area is 99.2 Å². The quantitative estimate of drug-likeness (QED) is 0.466. The zero-order chi connectivity index (χ0) is 12.8. The molecule has 1 rings (SSSR count). The van der Waals surface area contributed by atoms with E-state index in [1.807, 2.05) is 12.1 Å². The van der Waals surface area contributed by atoms with E-state index in [1.54, 1.807) is 12.1 Å². The maximum Gasteiger partial charge on any atom is 0.371 e. The molecule has 4 heteroatoms. The molecule has 17 heavy (non-hydrogen) atoms. The average molecular weight is 234 g/mol. The van der Waals surface area contributed by atoms with E-state index >= 15 is 0 Å². The summed E-state index contributed by atoms with van der Waals surface area (Å²) >= 11 is 0. The summed E-state index contributed by atoms with van der Waals surface area (Å²) in [4.78, 5) is 21.9. The fourth-order valence-corrected chi connectivity index (χ4v) is 1.39. The van der Waals surface area contributed by atoms with Crippen molar-refractivity contribution in [1.82, 2.24) is 0 Å². The van der Waals surface area contributed by atoms with E-state index in [9.17, 15) is 9.59 Å². The molecule has 0 heterocycles. The first-order chi connectivity index (χ1) is 8.04. The highest BCUT2D eigenvalue weighted by Gasteiger charge is 2.09. The van der Waals surface area contributed by atoms with Crippen LogP contribution in [0.3, 0.4) is 0 Å². The van der Waals surface area contributed by atoms with Crippen molar-refractivity contribution in [3.05, 3.63) is 47.2 Å². The van der Waals surface area contributed by atoms with Crippen LogP contribution in [0.5, 0.6) is 0 Å². The van der Waals surface area contributed by atoms with Crippen LogP contribution >= 0.6 is 0 Å². The normalized spacial score (nSPS) is 11.2. The van der Waals surface area contributed by atoms with Gasteiger partial charge >= 0.3 is 5.97 Å². The number of benzene rings is 1. The Morgan fingerprint density at radius 1 is 1.18 bits per heavy atom. The van der Waals surface area contributed by atoms with Crippen LogP contribution in [0.25, 0.3) is 0 Å². The maximum absolute atomic E-state index is 11.5. The number of hydrogen-bond acceptors (Lipinski definition) is 3. The highest BCUT2D eigenvalue weighted by atomic mass is 16.4. The number of aliphatic hydroxyl groups is 1. The molecule has 0 saturated heterocycles. The van der Waals surface area contributed by atoms with E-state index < -0.39 is 17.5 Å². The number of ketones is 1. The number of rotatable bonds is 5. The predicted molar refractivity (Wildman–Crippen MR) is 63.1 cm³/mol. The summed E-state index contributed by atoms with van der Waals surface area (Å²) in [5, 5.41) is 17.4. The minimum absolute atomic E-state index is 0.359. The lowest BCUT2D eigenvalue weighted by Gasteiger charge is -2.00. The van der Waals surface area contributed by atoms with Crippen molar-refractivity contribution in [3.63, 3.8) is 0 Å². The van der Waals surface area contributed by atoms with Gasteiger partial charge in [0.2, 0.25) is 5.76 Å². The van der Waals surface area contributed by atoms with Crippen LogP contribution in [-0.4, -0.2) is 22.0 Å². The van der Waals surface area contributed by atoms with E-state index in [0.717, 1.165) is 18.4 Å². The Bertz CT molecular complexity index is 443. The molecule has 0 radical (unpaired) electrons.